The van der Waals surface area contributed by atoms with E-state index in [0.717, 1.165) is 33.8 Å². The Morgan fingerprint density at radius 3 is 2.48 bits per heavy atom. The second-order valence-corrected chi connectivity index (χ2v) is 7.32. The molecule has 0 radical (unpaired) electrons. The van der Waals surface area contributed by atoms with Crippen LogP contribution in [0.2, 0.25) is 0 Å². The molecule has 0 saturated carbocycles. The minimum atomic E-state index is -0.442. The average Bonchev–Trinajstić information content (AvgIpc) is 3.35. The molecule has 0 N–H and O–H groups in total. The van der Waals surface area contributed by atoms with E-state index < -0.39 is 5.97 Å². The lowest BCUT2D eigenvalue weighted by molar-refractivity contribution is -0.138. The Hall–Kier alpha value is -3.93. The van der Waals surface area contributed by atoms with Crippen LogP contribution in [0.15, 0.2) is 71.4 Å². The van der Waals surface area contributed by atoms with E-state index in [-0.39, 0.29) is 6.61 Å². The largest absolute Gasteiger partial charge is 0.457 e. The van der Waals surface area contributed by atoms with Gasteiger partial charge in [0.1, 0.15) is 12.4 Å². The third-order valence-corrected chi connectivity index (χ3v) is 5.03. The first kappa shape index (κ1) is 20.3. The summed E-state index contributed by atoms with van der Waals surface area (Å²) < 4.78 is 12.3. The van der Waals surface area contributed by atoms with Crippen molar-refractivity contribution in [2.45, 2.75) is 27.4 Å². The van der Waals surface area contributed by atoms with Crippen molar-refractivity contribution in [3.05, 3.63) is 95.0 Å². The van der Waals surface area contributed by atoms with E-state index in [9.17, 15) is 4.79 Å². The second kappa shape index (κ2) is 8.83. The molecule has 6 heteroatoms. The van der Waals surface area contributed by atoms with Crippen molar-refractivity contribution in [1.29, 1.82) is 0 Å². The van der Waals surface area contributed by atoms with Crippen LogP contribution in [0.4, 0.5) is 0 Å². The van der Waals surface area contributed by atoms with Gasteiger partial charge < -0.3 is 9.26 Å². The molecular weight excluding hydrogens is 390 g/mol. The molecule has 0 aliphatic carbocycles. The van der Waals surface area contributed by atoms with Crippen molar-refractivity contribution in [1.82, 2.24) is 14.9 Å². The molecule has 0 saturated heterocycles. The molecule has 0 aliphatic heterocycles. The smallest absolute Gasteiger partial charge is 0.331 e. The van der Waals surface area contributed by atoms with Crippen molar-refractivity contribution in [2.75, 3.05) is 0 Å². The highest BCUT2D eigenvalue weighted by molar-refractivity contribution is 5.88. The van der Waals surface area contributed by atoms with E-state index in [4.69, 9.17) is 14.4 Å². The summed E-state index contributed by atoms with van der Waals surface area (Å²) in [5, 5.41) is 8.64. The molecule has 2 aromatic heterocycles. The molecular formula is C25H23N3O3. The Balaban J connectivity index is 1.59. The van der Waals surface area contributed by atoms with Crippen LogP contribution >= 0.6 is 0 Å². The topological polar surface area (TPSA) is 70.2 Å². The van der Waals surface area contributed by atoms with Crippen LogP contribution in [-0.4, -0.2) is 20.9 Å². The monoisotopic (exact) mass is 413 g/mol. The number of hydrogen-bond donors (Lipinski definition) is 0. The van der Waals surface area contributed by atoms with E-state index in [1.54, 1.807) is 13.0 Å². The highest BCUT2D eigenvalue weighted by atomic mass is 16.5. The molecule has 31 heavy (non-hydrogen) atoms. The lowest BCUT2D eigenvalue weighted by Gasteiger charge is -2.02. The highest BCUT2D eigenvalue weighted by Gasteiger charge is 2.13. The highest BCUT2D eigenvalue weighted by Crippen LogP contribution is 2.25. The van der Waals surface area contributed by atoms with E-state index in [1.165, 1.54) is 11.6 Å². The minimum Gasteiger partial charge on any atom is -0.457 e. The SMILES string of the molecule is Cc1ccc(-c2nn(-c3ccccc3)cc2/C=C/C(=O)OCc2c(C)noc2C)cc1. The van der Waals surface area contributed by atoms with Crippen LogP contribution in [0.5, 0.6) is 0 Å². The fourth-order valence-corrected chi connectivity index (χ4v) is 3.22. The second-order valence-electron chi connectivity index (χ2n) is 7.32. The molecule has 0 fully saturated rings. The lowest BCUT2D eigenvalue weighted by Crippen LogP contribution is -2.02. The molecule has 0 amide bonds. The Morgan fingerprint density at radius 1 is 1.06 bits per heavy atom. The van der Waals surface area contributed by atoms with Crippen molar-refractivity contribution >= 4 is 12.0 Å². The molecule has 0 aliphatic rings. The fraction of sp³-hybridized carbons (Fsp3) is 0.160. The summed E-state index contributed by atoms with van der Waals surface area (Å²) in [4.78, 5) is 12.3. The molecule has 0 spiro atoms. The quantitative estimate of drug-likeness (QED) is 0.321. The summed E-state index contributed by atoms with van der Waals surface area (Å²) in [6.45, 7) is 5.78. The Bertz CT molecular complexity index is 1200. The predicted octanol–water partition coefficient (Wildman–Crippen LogP) is 5.21. The third kappa shape index (κ3) is 4.64. The van der Waals surface area contributed by atoms with Crippen molar-refractivity contribution in [3.63, 3.8) is 0 Å². The van der Waals surface area contributed by atoms with Gasteiger partial charge >= 0.3 is 5.97 Å². The van der Waals surface area contributed by atoms with Gasteiger partial charge in [-0.15, -0.1) is 0 Å². The number of esters is 1. The zero-order valence-electron chi connectivity index (χ0n) is 17.7. The van der Waals surface area contributed by atoms with Gasteiger partial charge in [-0.2, -0.15) is 5.10 Å². The van der Waals surface area contributed by atoms with Gasteiger partial charge in [-0.05, 0) is 39.0 Å². The zero-order valence-corrected chi connectivity index (χ0v) is 17.7. The number of nitrogens with zero attached hydrogens (tertiary/aromatic N) is 3. The van der Waals surface area contributed by atoms with Gasteiger partial charge in [0.2, 0.25) is 0 Å². The molecule has 0 atom stereocenters. The molecule has 4 aromatic rings. The summed E-state index contributed by atoms with van der Waals surface area (Å²) >= 11 is 0. The van der Waals surface area contributed by atoms with Crippen molar-refractivity contribution < 1.29 is 14.1 Å². The number of rotatable bonds is 6. The van der Waals surface area contributed by atoms with Gasteiger partial charge in [0, 0.05) is 23.4 Å². The van der Waals surface area contributed by atoms with Crippen LogP contribution in [0, 0.1) is 20.8 Å². The van der Waals surface area contributed by atoms with Crippen molar-refractivity contribution in [2.24, 2.45) is 0 Å². The minimum absolute atomic E-state index is 0.123. The number of hydrogen-bond acceptors (Lipinski definition) is 5. The number of aromatic nitrogens is 3. The first-order valence-corrected chi connectivity index (χ1v) is 10.00. The molecule has 0 bridgehead atoms. The summed E-state index contributed by atoms with van der Waals surface area (Å²) in [6, 6.07) is 18.0. The normalized spacial score (nSPS) is 11.2. The molecule has 2 heterocycles. The number of carbonyl (C=O) groups excluding carboxylic acids is 1. The summed E-state index contributed by atoms with van der Waals surface area (Å²) in [5.41, 5.74) is 6.21. The van der Waals surface area contributed by atoms with Crippen LogP contribution in [0.1, 0.15) is 28.1 Å². The third-order valence-electron chi connectivity index (χ3n) is 5.03. The van der Waals surface area contributed by atoms with Gasteiger partial charge in [0.25, 0.3) is 0 Å². The number of carbonyl (C=O) groups is 1. The molecule has 4 rings (SSSR count). The molecule has 2 aromatic carbocycles. The first-order valence-electron chi connectivity index (χ1n) is 10.00. The standard InChI is InChI=1S/C25H23N3O3/c1-17-9-11-20(12-10-17)25-21(15-28(26-25)22-7-5-4-6-8-22)13-14-24(29)30-16-23-18(2)27-31-19(23)3/h4-15H,16H2,1-3H3/b14-13+. The summed E-state index contributed by atoms with van der Waals surface area (Å²) in [6.07, 6.45) is 5.06. The van der Waals surface area contributed by atoms with Crippen LogP contribution in [-0.2, 0) is 16.1 Å². The number of benzene rings is 2. The Kier molecular flexibility index (Phi) is 5.80. The van der Waals surface area contributed by atoms with Gasteiger partial charge in [-0.25, -0.2) is 9.48 Å². The Labute approximate surface area is 180 Å². The number of ether oxygens (including phenoxy) is 1. The van der Waals surface area contributed by atoms with Gasteiger partial charge in [0.15, 0.2) is 0 Å². The van der Waals surface area contributed by atoms with Crippen LogP contribution in [0.3, 0.4) is 0 Å². The fourth-order valence-electron chi connectivity index (χ4n) is 3.22. The zero-order chi connectivity index (χ0) is 21.8. The maximum atomic E-state index is 12.3. The van der Waals surface area contributed by atoms with Crippen molar-refractivity contribution in [3.8, 4) is 16.9 Å². The number of para-hydroxylation sites is 1. The summed E-state index contributed by atoms with van der Waals surface area (Å²) in [7, 11) is 0. The van der Waals surface area contributed by atoms with E-state index in [1.807, 2.05) is 79.3 Å². The summed E-state index contributed by atoms with van der Waals surface area (Å²) in [5.74, 6) is 0.211. The number of aryl methyl sites for hydroxylation is 3. The maximum Gasteiger partial charge on any atom is 0.331 e. The maximum absolute atomic E-state index is 12.3. The molecule has 156 valence electrons. The Morgan fingerprint density at radius 2 is 1.81 bits per heavy atom. The van der Waals surface area contributed by atoms with Gasteiger partial charge in [-0.1, -0.05) is 53.2 Å². The lowest BCUT2D eigenvalue weighted by atomic mass is 10.1. The molecule has 6 nitrogen and oxygen atoms in total. The first-order chi connectivity index (χ1) is 15.0. The van der Waals surface area contributed by atoms with Crippen LogP contribution < -0.4 is 0 Å². The van der Waals surface area contributed by atoms with Crippen LogP contribution in [0.25, 0.3) is 23.0 Å². The van der Waals surface area contributed by atoms with E-state index in [2.05, 4.69) is 5.16 Å². The van der Waals surface area contributed by atoms with E-state index >= 15 is 0 Å². The molecule has 0 unspecified atom stereocenters. The predicted molar refractivity (Wildman–Crippen MR) is 119 cm³/mol. The van der Waals surface area contributed by atoms with E-state index in [0.29, 0.717) is 5.76 Å². The van der Waals surface area contributed by atoms with Gasteiger partial charge in [0.05, 0.1) is 22.6 Å². The van der Waals surface area contributed by atoms with Gasteiger partial charge in [-0.3, -0.25) is 0 Å². The average molecular weight is 413 g/mol.